The van der Waals surface area contributed by atoms with Crippen LogP contribution in [-0.4, -0.2) is 38.4 Å². The van der Waals surface area contributed by atoms with Gasteiger partial charge in [-0.05, 0) is 43.4 Å². The van der Waals surface area contributed by atoms with Gasteiger partial charge in [0.05, 0.1) is 15.8 Å². The average Bonchev–Trinajstić information content (AvgIpc) is 2.65. The van der Waals surface area contributed by atoms with Gasteiger partial charge in [0.25, 0.3) is 0 Å². The summed E-state index contributed by atoms with van der Waals surface area (Å²) in [6, 6.07) is 4.71. The third kappa shape index (κ3) is 5.83. The SMILES string of the molecule is O=C(C1CCCCC1)N1CCC(NS(=O)(=O)Cc2ccc(Cl)c(Cl)c2)CC1. The van der Waals surface area contributed by atoms with Crippen molar-refractivity contribution < 1.29 is 13.2 Å². The minimum absolute atomic E-state index is 0.131. The standard InChI is InChI=1S/C19H26Cl2N2O3S/c20-17-7-6-14(12-18(17)21)13-27(25,26)22-16-8-10-23(11-9-16)19(24)15-4-2-1-3-5-15/h6-7,12,15-16,22H,1-5,8-11,13H2. The van der Waals surface area contributed by atoms with Crippen molar-refractivity contribution in [3.63, 3.8) is 0 Å². The number of likely N-dealkylation sites (tertiary alicyclic amines) is 1. The van der Waals surface area contributed by atoms with Gasteiger partial charge >= 0.3 is 0 Å². The first-order chi connectivity index (χ1) is 12.8. The highest BCUT2D eigenvalue weighted by molar-refractivity contribution is 7.88. The van der Waals surface area contributed by atoms with E-state index in [1.807, 2.05) is 4.90 Å². The summed E-state index contributed by atoms with van der Waals surface area (Å²) in [5.74, 6) is 0.291. The predicted molar refractivity (Wildman–Crippen MR) is 108 cm³/mol. The number of hydrogen-bond donors (Lipinski definition) is 1. The molecule has 0 spiro atoms. The van der Waals surface area contributed by atoms with E-state index in [2.05, 4.69) is 4.72 Å². The Morgan fingerprint density at radius 1 is 1.04 bits per heavy atom. The van der Waals surface area contributed by atoms with Gasteiger partial charge in [0.1, 0.15) is 0 Å². The molecule has 1 saturated heterocycles. The molecule has 0 aromatic heterocycles. The number of benzene rings is 1. The van der Waals surface area contributed by atoms with E-state index in [1.54, 1.807) is 18.2 Å². The first-order valence-electron chi connectivity index (χ1n) is 9.57. The molecule has 0 atom stereocenters. The van der Waals surface area contributed by atoms with Crippen LogP contribution in [-0.2, 0) is 20.6 Å². The molecular formula is C19H26Cl2N2O3S. The summed E-state index contributed by atoms with van der Waals surface area (Å²) >= 11 is 11.8. The van der Waals surface area contributed by atoms with E-state index in [9.17, 15) is 13.2 Å². The number of carbonyl (C=O) groups excluding carboxylic acids is 1. The molecule has 1 aliphatic carbocycles. The monoisotopic (exact) mass is 432 g/mol. The topological polar surface area (TPSA) is 66.5 Å². The molecule has 0 bridgehead atoms. The molecule has 1 aromatic carbocycles. The maximum absolute atomic E-state index is 12.6. The number of amides is 1. The summed E-state index contributed by atoms with van der Waals surface area (Å²) < 4.78 is 27.7. The maximum atomic E-state index is 12.6. The van der Waals surface area contributed by atoms with Crippen LogP contribution in [0.15, 0.2) is 18.2 Å². The van der Waals surface area contributed by atoms with Crippen LogP contribution in [0.4, 0.5) is 0 Å². The summed E-state index contributed by atoms with van der Waals surface area (Å²) in [6.45, 7) is 1.24. The first-order valence-corrected chi connectivity index (χ1v) is 12.0. The van der Waals surface area contributed by atoms with Gasteiger partial charge in [-0.2, -0.15) is 0 Å². The zero-order valence-corrected chi connectivity index (χ0v) is 17.6. The zero-order chi connectivity index (χ0) is 19.4. The molecule has 3 rings (SSSR count). The van der Waals surface area contributed by atoms with Crippen molar-refractivity contribution in [1.29, 1.82) is 0 Å². The molecule has 0 radical (unpaired) electrons. The summed E-state index contributed by atoms with van der Waals surface area (Å²) in [7, 11) is -3.48. The second-order valence-corrected chi connectivity index (χ2v) is 10.1. The van der Waals surface area contributed by atoms with E-state index in [0.29, 0.717) is 41.5 Å². The molecule has 1 aromatic rings. The number of nitrogens with one attached hydrogen (secondary N) is 1. The Labute approximate surface area is 171 Å². The fourth-order valence-electron chi connectivity index (χ4n) is 3.97. The van der Waals surface area contributed by atoms with E-state index in [4.69, 9.17) is 23.2 Å². The highest BCUT2D eigenvalue weighted by atomic mass is 35.5. The van der Waals surface area contributed by atoms with E-state index in [-0.39, 0.29) is 23.6 Å². The van der Waals surface area contributed by atoms with Crippen LogP contribution in [0.2, 0.25) is 10.0 Å². The van der Waals surface area contributed by atoms with Crippen LogP contribution in [0.5, 0.6) is 0 Å². The third-order valence-electron chi connectivity index (χ3n) is 5.45. The molecule has 150 valence electrons. The summed E-state index contributed by atoms with van der Waals surface area (Å²) in [5, 5.41) is 0.750. The van der Waals surface area contributed by atoms with Crippen molar-refractivity contribution in [1.82, 2.24) is 9.62 Å². The number of piperidine rings is 1. The minimum Gasteiger partial charge on any atom is -0.342 e. The van der Waals surface area contributed by atoms with E-state index >= 15 is 0 Å². The lowest BCUT2D eigenvalue weighted by atomic mass is 9.87. The van der Waals surface area contributed by atoms with Crippen LogP contribution in [0.1, 0.15) is 50.5 Å². The molecule has 1 heterocycles. The third-order valence-corrected chi connectivity index (χ3v) is 7.59. The van der Waals surface area contributed by atoms with Crippen LogP contribution in [0.3, 0.4) is 0 Å². The van der Waals surface area contributed by atoms with Gasteiger partial charge in [-0.15, -0.1) is 0 Å². The van der Waals surface area contributed by atoms with Gasteiger partial charge in [0.2, 0.25) is 15.9 Å². The van der Waals surface area contributed by atoms with Crippen LogP contribution in [0.25, 0.3) is 0 Å². The number of sulfonamides is 1. The summed E-state index contributed by atoms with van der Waals surface area (Å²) in [6.07, 6.45) is 6.80. The molecule has 0 unspecified atom stereocenters. The highest BCUT2D eigenvalue weighted by Crippen LogP contribution is 2.27. The number of rotatable bonds is 5. The Balaban J connectivity index is 1.50. The predicted octanol–water partition coefficient (Wildman–Crippen LogP) is 3.98. The Bertz CT molecular complexity index is 771. The van der Waals surface area contributed by atoms with Gasteiger partial charge in [0, 0.05) is 25.0 Å². The molecule has 1 N–H and O–H groups in total. The van der Waals surface area contributed by atoms with E-state index in [0.717, 1.165) is 25.7 Å². The molecule has 8 heteroatoms. The van der Waals surface area contributed by atoms with E-state index in [1.165, 1.54) is 6.42 Å². The molecule has 2 aliphatic rings. The van der Waals surface area contributed by atoms with Gasteiger partial charge < -0.3 is 4.90 Å². The second kappa shape index (κ2) is 9.12. The Hall–Kier alpha value is -0.820. The average molecular weight is 433 g/mol. The highest BCUT2D eigenvalue weighted by Gasteiger charge is 2.30. The molecule has 1 aliphatic heterocycles. The number of hydrogen-bond acceptors (Lipinski definition) is 3. The van der Waals surface area contributed by atoms with Gasteiger partial charge in [-0.3, -0.25) is 4.79 Å². The lowest BCUT2D eigenvalue weighted by Crippen LogP contribution is -2.48. The number of halogens is 2. The minimum atomic E-state index is -3.48. The quantitative estimate of drug-likeness (QED) is 0.764. The Morgan fingerprint density at radius 2 is 1.70 bits per heavy atom. The van der Waals surface area contributed by atoms with Crippen LogP contribution >= 0.6 is 23.2 Å². The molecule has 27 heavy (non-hydrogen) atoms. The fourth-order valence-corrected chi connectivity index (χ4v) is 5.74. The van der Waals surface area contributed by atoms with Crippen molar-refractivity contribution in [2.24, 2.45) is 5.92 Å². The van der Waals surface area contributed by atoms with Crippen molar-refractivity contribution in [3.8, 4) is 0 Å². The van der Waals surface area contributed by atoms with Crippen molar-refractivity contribution in [2.75, 3.05) is 13.1 Å². The smallest absolute Gasteiger partial charge is 0.225 e. The molecular weight excluding hydrogens is 407 g/mol. The maximum Gasteiger partial charge on any atom is 0.225 e. The Morgan fingerprint density at radius 3 is 2.33 bits per heavy atom. The van der Waals surface area contributed by atoms with Gasteiger partial charge in [-0.1, -0.05) is 48.5 Å². The summed E-state index contributed by atoms with van der Waals surface area (Å²) in [4.78, 5) is 14.5. The molecule has 1 amide bonds. The molecule has 1 saturated carbocycles. The van der Waals surface area contributed by atoms with Gasteiger partial charge in [0.15, 0.2) is 0 Å². The zero-order valence-electron chi connectivity index (χ0n) is 15.3. The summed E-state index contributed by atoms with van der Waals surface area (Å²) in [5.41, 5.74) is 0.599. The fraction of sp³-hybridized carbons (Fsp3) is 0.632. The Kier molecular flexibility index (Phi) is 7.06. The first kappa shape index (κ1) is 20.9. The molecule has 5 nitrogen and oxygen atoms in total. The van der Waals surface area contributed by atoms with Crippen molar-refractivity contribution in [3.05, 3.63) is 33.8 Å². The lowest BCUT2D eigenvalue weighted by Gasteiger charge is -2.35. The lowest BCUT2D eigenvalue weighted by molar-refractivity contribution is -0.137. The van der Waals surface area contributed by atoms with Crippen molar-refractivity contribution >= 4 is 39.1 Å². The van der Waals surface area contributed by atoms with Crippen LogP contribution < -0.4 is 4.72 Å². The van der Waals surface area contributed by atoms with Crippen LogP contribution in [0, 0.1) is 5.92 Å². The second-order valence-electron chi connectivity index (χ2n) is 7.56. The van der Waals surface area contributed by atoms with Gasteiger partial charge in [-0.25, -0.2) is 13.1 Å². The van der Waals surface area contributed by atoms with Crippen molar-refractivity contribution in [2.45, 2.75) is 56.7 Å². The number of nitrogens with zero attached hydrogens (tertiary/aromatic N) is 1. The number of carbonyl (C=O) groups is 1. The molecule has 2 fully saturated rings. The largest absolute Gasteiger partial charge is 0.342 e. The van der Waals surface area contributed by atoms with E-state index < -0.39 is 10.0 Å². The normalized spacial score (nSPS) is 20.0.